The summed E-state index contributed by atoms with van der Waals surface area (Å²) in [6.07, 6.45) is 0. The first-order chi connectivity index (χ1) is 5.81. The largest absolute Gasteiger partial charge is 0.693 e. The molecule has 0 fully saturated rings. The molecule has 0 spiro atoms. The van der Waals surface area contributed by atoms with Crippen LogP contribution in [0.1, 0.15) is 20.8 Å². The van der Waals surface area contributed by atoms with Gasteiger partial charge in [-0.1, -0.05) is 0 Å². The molecule has 0 amide bonds. The molecule has 0 rings (SSSR count). The van der Waals surface area contributed by atoms with E-state index in [-0.39, 0.29) is 52.8 Å². The van der Waals surface area contributed by atoms with Gasteiger partial charge in [0, 0.05) is 40.9 Å². The average molecular weight is 488 g/mol. The molecule has 0 heterocycles. The quantitative estimate of drug-likeness (QED) is 0.308. The Kier molecular flexibility index (Phi) is 31.9. The first-order valence-electron chi connectivity index (χ1n) is 3.23. The topological polar surface area (TPSA) is 126 Å². The van der Waals surface area contributed by atoms with Crippen LogP contribution < -0.4 is 0 Å². The van der Waals surface area contributed by atoms with Crippen molar-refractivity contribution < 1.29 is 46.2 Å². The van der Waals surface area contributed by atoms with Crippen LogP contribution in [-0.2, 0) is 30.2 Å². The van der Waals surface area contributed by atoms with Gasteiger partial charge >= 0.3 is 15.6 Å². The summed E-state index contributed by atoms with van der Waals surface area (Å²) in [6, 6.07) is 0. The van der Waals surface area contributed by atoms with Crippen molar-refractivity contribution in [2.24, 2.45) is 0 Å². The van der Waals surface area contributed by atoms with E-state index >= 15 is 0 Å². The average Bonchev–Trinajstić information content (AvgIpc) is 1.82. The van der Waals surface area contributed by atoms with Crippen LogP contribution >= 0.6 is 0 Å². The molecule has 0 bridgehead atoms. The molecule has 0 saturated heterocycles. The Morgan fingerprint density at radius 1 is 1.05 bits per heavy atom. The molecular weight excluding hydrogens is 467 g/mol. The molecule has 0 atom stereocenters. The summed E-state index contributed by atoms with van der Waals surface area (Å²) >= 11 is 0. The molecule has 0 aromatic carbocycles. The maximum atomic E-state index is 10.7. The van der Waals surface area contributed by atoms with E-state index in [9.17, 15) is 13.2 Å². The van der Waals surface area contributed by atoms with Crippen LogP contribution in [0.5, 0.6) is 0 Å². The molecule has 0 aromatic rings. The summed E-state index contributed by atoms with van der Waals surface area (Å²) in [5, 5.41) is 0. The molecule has 19 heavy (non-hydrogen) atoms. The zero-order chi connectivity index (χ0) is 12.2. The summed E-state index contributed by atoms with van der Waals surface area (Å²) < 4.78 is 57.5. The number of halogens is 3. The van der Waals surface area contributed by atoms with Crippen molar-refractivity contribution >= 4 is 10.1 Å². The summed E-state index contributed by atoms with van der Waals surface area (Å²) in [4.78, 5) is 3.27. The van der Waals surface area contributed by atoms with Crippen LogP contribution in [0, 0.1) is 21.4 Å². The molecule has 0 unspecified atom stereocenters. The second-order valence-corrected chi connectivity index (χ2v) is 4.62. The van der Waals surface area contributed by atoms with E-state index < -0.39 is 15.6 Å². The summed E-state index contributed by atoms with van der Waals surface area (Å²) in [5.74, 6) is 0. The van der Waals surface area contributed by atoms with Crippen molar-refractivity contribution in [1.29, 1.82) is 0 Å². The minimum atomic E-state index is -5.84. The van der Waals surface area contributed by atoms with Crippen molar-refractivity contribution in [2.45, 2.75) is 31.8 Å². The van der Waals surface area contributed by atoms with Gasteiger partial charge in [-0.2, -0.15) is 21.6 Å². The maximum absolute atomic E-state index is 10.7. The predicted octanol–water partition coefficient (Wildman–Crippen LogP) is 4.43. The maximum Gasteiger partial charge on any atom is 0.522 e. The zero-order valence-corrected chi connectivity index (χ0v) is 14.5. The van der Waals surface area contributed by atoms with Gasteiger partial charge in [0.15, 0.2) is 0 Å². The monoisotopic (exact) mass is 488 g/mol. The molecule has 0 aliphatic heterocycles. The van der Waals surface area contributed by atoms with E-state index in [1.165, 1.54) is 0 Å². The van der Waals surface area contributed by atoms with Crippen molar-refractivity contribution in [2.75, 3.05) is 0 Å². The molecule has 6 nitrogen and oxygen atoms in total. The Balaban J connectivity index is -0.0000000245. The molecule has 0 saturated carbocycles. The van der Waals surface area contributed by atoms with Gasteiger partial charge in [-0.15, -0.1) is 0 Å². The number of nitrogens with zero attached hydrogens (tertiary/aromatic N) is 1. The van der Waals surface area contributed by atoms with Crippen LogP contribution in [0.3, 0.4) is 0 Å². The van der Waals surface area contributed by atoms with Crippen LogP contribution in [0.15, 0.2) is 0 Å². The Hall–Kier alpha value is -0.241. The Bertz CT molecular complexity index is 321. The second kappa shape index (κ2) is 14.2. The molecule has 11 heteroatoms. The van der Waals surface area contributed by atoms with E-state index in [1.807, 2.05) is 20.8 Å². The Labute approximate surface area is 127 Å². The SMILES string of the molecule is O=S(=O)(O)C(F)(F)F.[C-]#[N+]C(C)(C)C.[CH3-].[CH3-].[Ir].[NH2-].[NH2-]. The van der Waals surface area contributed by atoms with Crippen molar-refractivity contribution in [3.8, 4) is 0 Å². The summed E-state index contributed by atoms with van der Waals surface area (Å²) in [6.45, 7) is 12.1. The van der Waals surface area contributed by atoms with Crippen LogP contribution in [0.25, 0.3) is 17.1 Å². The van der Waals surface area contributed by atoms with Crippen molar-refractivity contribution in [3.63, 3.8) is 0 Å². The van der Waals surface area contributed by atoms with Gasteiger partial charge in [0.25, 0.3) is 0 Å². The van der Waals surface area contributed by atoms with Gasteiger partial charge in [0.05, 0.1) is 0 Å². The molecule has 125 valence electrons. The molecule has 1 radical (unpaired) electrons. The summed E-state index contributed by atoms with van der Waals surface area (Å²) in [7, 11) is -5.84. The Morgan fingerprint density at radius 2 is 1.16 bits per heavy atom. The van der Waals surface area contributed by atoms with Crippen molar-refractivity contribution in [3.05, 3.63) is 38.6 Å². The molecule has 0 aromatic heterocycles. The standard InChI is InChI=1S/C5H9N.CHF3O3S.2CH3.Ir.2H2N/c1-5(2,3)6-4;2-1(3,4)8(5,6)7;;;;;/h1-3H3;(H,5,6,7);2*1H3;;2*1H2/q;;2*-1;;2*-1. The van der Waals surface area contributed by atoms with Crippen molar-refractivity contribution in [1.82, 2.24) is 0 Å². The predicted molar refractivity (Wildman–Crippen MR) is 67.4 cm³/mol. The Morgan fingerprint density at radius 3 is 1.16 bits per heavy atom. The van der Waals surface area contributed by atoms with Gasteiger partial charge in [-0.25, -0.2) is 6.57 Å². The van der Waals surface area contributed by atoms with Gasteiger partial charge in [0.2, 0.25) is 5.54 Å². The van der Waals surface area contributed by atoms with Crippen LogP contribution in [0.2, 0.25) is 0 Å². The first-order valence-corrected chi connectivity index (χ1v) is 4.67. The fraction of sp³-hybridized carbons (Fsp3) is 0.625. The van der Waals surface area contributed by atoms with E-state index in [4.69, 9.17) is 19.5 Å². The molecular formula is C8H20F3IrN3O3S-4. The van der Waals surface area contributed by atoms with Gasteiger partial charge in [-0.05, 0) is 0 Å². The van der Waals surface area contributed by atoms with Gasteiger partial charge in [0.1, 0.15) is 0 Å². The van der Waals surface area contributed by atoms with Crippen LogP contribution in [-0.4, -0.2) is 24.0 Å². The summed E-state index contributed by atoms with van der Waals surface area (Å²) in [5.41, 5.74) is -5.70. The first kappa shape index (κ1) is 42.8. The third kappa shape index (κ3) is 31.9. The zero-order valence-electron chi connectivity index (χ0n) is 11.2. The van der Waals surface area contributed by atoms with E-state index in [2.05, 4.69) is 4.85 Å². The second-order valence-electron chi connectivity index (χ2n) is 3.20. The number of nitrogens with two attached hydrogens (primary N) is 2. The fourth-order valence-electron chi connectivity index (χ4n) is 0. The third-order valence-electron chi connectivity index (χ3n) is 0.628. The number of hydrogen-bond acceptors (Lipinski definition) is 2. The third-order valence-corrected chi connectivity index (χ3v) is 1.21. The smallest absolute Gasteiger partial charge is 0.522 e. The molecule has 5 N–H and O–H groups in total. The normalized spacial score (nSPS) is 9.16. The minimum Gasteiger partial charge on any atom is -0.693 e. The number of hydrogen-bond donors (Lipinski definition) is 1. The van der Waals surface area contributed by atoms with E-state index in [1.54, 1.807) is 0 Å². The van der Waals surface area contributed by atoms with Gasteiger partial charge in [-0.3, -0.25) is 4.55 Å². The number of rotatable bonds is 0. The minimum absolute atomic E-state index is 0. The number of alkyl halides is 3. The van der Waals surface area contributed by atoms with E-state index in [0.717, 1.165) is 0 Å². The fourth-order valence-corrected chi connectivity index (χ4v) is 0. The van der Waals surface area contributed by atoms with Gasteiger partial charge < -0.3 is 32.0 Å². The van der Waals surface area contributed by atoms with Crippen LogP contribution in [0.4, 0.5) is 13.2 Å². The molecule has 0 aliphatic rings. The van der Waals surface area contributed by atoms with E-state index in [0.29, 0.717) is 0 Å². The molecule has 0 aliphatic carbocycles.